The molecule has 0 saturated heterocycles. The number of aliphatic hydroxyl groups is 1. The first-order chi connectivity index (χ1) is 11.5. The lowest BCUT2D eigenvalue weighted by Gasteiger charge is -2.17. The van der Waals surface area contributed by atoms with Crippen molar-refractivity contribution >= 4 is 38.0 Å². The molecule has 0 atom stereocenters. The van der Waals surface area contributed by atoms with Crippen molar-refractivity contribution in [2.45, 2.75) is 4.90 Å². The Hall–Kier alpha value is -2.03. The van der Waals surface area contributed by atoms with Crippen molar-refractivity contribution in [3.05, 3.63) is 64.1 Å². The molecule has 24 heavy (non-hydrogen) atoms. The molecule has 6 nitrogen and oxygen atoms in total. The molecule has 1 heterocycles. The summed E-state index contributed by atoms with van der Waals surface area (Å²) in [5, 5.41) is 15.0. The minimum absolute atomic E-state index is 0.135. The second-order valence-corrected chi connectivity index (χ2v) is 7.52. The molecule has 0 spiro atoms. The third kappa shape index (κ3) is 3.40. The number of hydrazone groups is 1. The van der Waals surface area contributed by atoms with Crippen molar-refractivity contribution in [1.82, 2.24) is 5.01 Å². The lowest BCUT2D eigenvalue weighted by Crippen LogP contribution is -2.28. The third-order valence-electron chi connectivity index (χ3n) is 3.39. The molecule has 0 aromatic heterocycles. The third-order valence-corrected chi connectivity index (χ3v) is 5.24. The van der Waals surface area contributed by atoms with Gasteiger partial charge in [-0.05, 0) is 29.8 Å². The van der Waals surface area contributed by atoms with Gasteiger partial charge in [0.15, 0.2) is 5.84 Å². The molecule has 0 saturated carbocycles. The summed E-state index contributed by atoms with van der Waals surface area (Å²) in [7, 11) is -3.72. The molecule has 0 radical (unpaired) electrons. The van der Waals surface area contributed by atoms with E-state index in [-0.39, 0.29) is 23.9 Å². The molecule has 1 aliphatic rings. The van der Waals surface area contributed by atoms with E-state index in [9.17, 15) is 13.5 Å². The number of nitrogens with zero attached hydrogens (tertiary/aromatic N) is 3. The van der Waals surface area contributed by atoms with Crippen LogP contribution in [0.2, 0.25) is 0 Å². The van der Waals surface area contributed by atoms with Crippen molar-refractivity contribution in [1.29, 1.82) is 0 Å². The van der Waals surface area contributed by atoms with E-state index in [1.807, 2.05) is 24.3 Å². The maximum Gasteiger partial charge on any atom is 0.285 e. The van der Waals surface area contributed by atoms with Gasteiger partial charge in [0.25, 0.3) is 10.0 Å². The summed E-state index contributed by atoms with van der Waals surface area (Å²) in [5.74, 6) is 0.216. The van der Waals surface area contributed by atoms with Crippen molar-refractivity contribution in [2.75, 3.05) is 13.2 Å². The smallest absolute Gasteiger partial charge is 0.285 e. The Morgan fingerprint density at radius 2 is 1.88 bits per heavy atom. The maximum atomic E-state index is 12.2. The van der Waals surface area contributed by atoms with Crippen LogP contribution in [-0.2, 0) is 10.0 Å². The number of halogens is 1. The highest BCUT2D eigenvalue weighted by atomic mass is 79.9. The van der Waals surface area contributed by atoms with E-state index in [2.05, 4.69) is 25.4 Å². The summed E-state index contributed by atoms with van der Waals surface area (Å²) < 4.78 is 29.1. The predicted molar refractivity (Wildman–Crippen MR) is 95.7 cm³/mol. The molecular weight excluding hydrogens is 394 g/mol. The summed E-state index contributed by atoms with van der Waals surface area (Å²) in [6.45, 7) is -0.0470. The van der Waals surface area contributed by atoms with Crippen molar-refractivity contribution < 1.29 is 13.5 Å². The molecule has 0 bridgehead atoms. The zero-order chi connectivity index (χ0) is 17.2. The van der Waals surface area contributed by atoms with Gasteiger partial charge in [0.1, 0.15) is 4.90 Å². The standard InChI is InChI=1S/C16H14BrN3O3S/c17-13-7-5-12(6-8-13)11-18-20(9-10-21)16-14-3-1-2-4-15(14)24(22,23)19-16/h1-8,11,21H,9-10H2/b18-11+. The molecule has 2 aromatic carbocycles. The fourth-order valence-electron chi connectivity index (χ4n) is 2.27. The second kappa shape index (κ2) is 6.84. The van der Waals surface area contributed by atoms with Crippen LogP contribution in [0.3, 0.4) is 0 Å². The molecule has 124 valence electrons. The lowest BCUT2D eigenvalue weighted by molar-refractivity contribution is 0.254. The van der Waals surface area contributed by atoms with Crippen molar-refractivity contribution in [2.24, 2.45) is 9.50 Å². The highest BCUT2D eigenvalue weighted by Gasteiger charge is 2.31. The average Bonchev–Trinajstić information content (AvgIpc) is 2.85. The zero-order valence-electron chi connectivity index (χ0n) is 12.5. The molecule has 3 rings (SSSR count). The van der Waals surface area contributed by atoms with Crippen LogP contribution in [0.25, 0.3) is 0 Å². The first-order valence-corrected chi connectivity index (χ1v) is 9.37. The number of fused-ring (bicyclic) bond motifs is 1. The molecule has 1 aliphatic heterocycles. The van der Waals surface area contributed by atoms with Gasteiger partial charge in [0, 0.05) is 10.0 Å². The normalized spacial score (nSPS) is 15.3. The van der Waals surface area contributed by atoms with E-state index in [4.69, 9.17) is 0 Å². The molecular formula is C16H14BrN3O3S. The number of hydrogen-bond acceptors (Lipinski definition) is 5. The quantitative estimate of drug-likeness (QED) is 0.622. The van der Waals surface area contributed by atoms with Crippen LogP contribution in [0.5, 0.6) is 0 Å². The maximum absolute atomic E-state index is 12.2. The zero-order valence-corrected chi connectivity index (χ0v) is 14.9. The van der Waals surface area contributed by atoms with Crippen LogP contribution in [0.15, 0.2) is 67.4 Å². The van der Waals surface area contributed by atoms with Crippen LogP contribution in [0.1, 0.15) is 11.1 Å². The van der Waals surface area contributed by atoms with Gasteiger partial charge in [-0.2, -0.15) is 13.5 Å². The number of aliphatic hydroxyl groups excluding tert-OH is 1. The van der Waals surface area contributed by atoms with Crippen LogP contribution < -0.4 is 0 Å². The Balaban J connectivity index is 1.96. The second-order valence-electron chi connectivity index (χ2n) is 5.03. The highest BCUT2D eigenvalue weighted by Crippen LogP contribution is 2.27. The van der Waals surface area contributed by atoms with Gasteiger partial charge in [-0.1, -0.05) is 40.2 Å². The van der Waals surface area contributed by atoms with E-state index in [1.54, 1.807) is 24.4 Å². The number of sulfonamides is 1. The van der Waals surface area contributed by atoms with Crippen molar-refractivity contribution in [3.8, 4) is 0 Å². The summed E-state index contributed by atoms with van der Waals surface area (Å²) in [4.78, 5) is 0.154. The van der Waals surface area contributed by atoms with Gasteiger partial charge in [0.05, 0.1) is 19.4 Å². The number of hydrogen-bond donors (Lipinski definition) is 1. The monoisotopic (exact) mass is 407 g/mol. The Morgan fingerprint density at radius 1 is 1.17 bits per heavy atom. The van der Waals surface area contributed by atoms with E-state index < -0.39 is 10.0 Å². The summed E-state index contributed by atoms with van der Waals surface area (Å²) in [6.07, 6.45) is 1.60. The fourth-order valence-corrected chi connectivity index (χ4v) is 3.74. The fraction of sp³-hybridized carbons (Fsp3) is 0.125. The van der Waals surface area contributed by atoms with Gasteiger partial charge >= 0.3 is 0 Å². The largest absolute Gasteiger partial charge is 0.394 e. The lowest BCUT2D eigenvalue weighted by atomic mass is 10.2. The molecule has 1 N–H and O–H groups in total. The van der Waals surface area contributed by atoms with Crippen LogP contribution in [0.4, 0.5) is 0 Å². The minimum atomic E-state index is -3.72. The van der Waals surface area contributed by atoms with Gasteiger partial charge in [-0.3, -0.25) is 0 Å². The van der Waals surface area contributed by atoms with E-state index >= 15 is 0 Å². The average molecular weight is 408 g/mol. The Labute approximate surface area is 148 Å². The summed E-state index contributed by atoms with van der Waals surface area (Å²) >= 11 is 3.36. The SMILES string of the molecule is O=S1(=O)N=C(N(CCO)/N=C/c2ccc(Br)cc2)c2ccccc21. The molecule has 0 unspecified atom stereocenters. The predicted octanol–water partition coefficient (Wildman–Crippen LogP) is 2.23. The Bertz CT molecular complexity index is 908. The first-order valence-electron chi connectivity index (χ1n) is 7.13. The number of benzene rings is 2. The number of rotatable bonds is 4. The van der Waals surface area contributed by atoms with Gasteiger partial charge in [0.2, 0.25) is 0 Å². The van der Waals surface area contributed by atoms with E-state index in [1.165, 1.54) is 11.1 Å². The van der Waals surface area contributed by atoms with Crippen molar-refractivity contribution in [3.63, 3.8) is 0 Å². The molecule has 8 heteroatoms. The number of amidine groups is 1. The van der Waals surface area contributed by atoms with E-state index in [0.717, 1.165) is 10.0 Å². The topological polar surface area (TPSA) is 82.3 Å². The Kier molecular flexibility index (Phi) is 4.79. The molecule has 2 aromatic rings. The van der Waals surface area contributed by atoms with Crippen LogP contribution in [-0.4, -0.2) is 43.7 Å². The highest BCUT2D eigenvalue weighted by molar-refractivity contribution is 9.10. The molecule has 0 fully saturated rings. The Morgan fingerprint density at radius 3 is 2.58 bits per heavy atom. The first kappa shape index (κ1) is 16.8. The van der Waals surface area contributed by atoms with Crippen LogP contribution >= 0.6 is 15.9 Å². The van der Waals surface area contributed by atoms with Gasteiger partial charge in [-0.25, -0.2) is 5.01 Å². The summed E-state index contributed by atoms with van der Waals surface area (Å²) in [5.41, 5.74) is 1.33. The molecule has 0 aliphatic carbocycles. The van der Waals surface area contributed by atoms with Crippen LogP contribution in [0, 0.1) is 0 Å². The summed E-state index contributed by atoms with van der Waals surface area (Å²) in [6, 6.07) is 14.1. The minimum Gasteiger partial charge on any atom is -0.394 e. The van der Waals surface area contributed by atoms with E-state index in [0.29, 0.717) is 5.56 Å². The van der Waals surface area contributed by atoms with Gasteiger partial charge in [-0.15, -0.1) is 4.40 Å². The molecule has 0 amide bonds. The van der Waals surface area contributed by atoms with Gasteiger partial charge < -0.3 is 5.11 Å².